The van der Waals surface area contributed by atoms with Crippen molar-refractivity contribution in [2.24, 2.45) is 5.73 Å². The Hall–Kier alpha value is -1.99. The molecule has 18 heavy (non-hydrogen) atoms. The normalized spacial score (nSPS) is 9.33. The lowest BCUT2D eigenvalue weighted by Gasteiger charge is -2.16. The van der Waals surface area contributed by atoms with E-state index in [2.05, 4.69) is 17.2 Å². The van der Waals surface area contributed by atoms with Crippen molar-refractivity contribution in [3.05, 3.63) is 29.3 Å². The second-order valence-electron chi connectivity index (χ2n) is 3.98. The Bertz CT molecular complexity index is 486. The van der Waals surface area contributed by atoms with E-state index >= 15 is 0 Å². The first-order chi connectivity index (χ1) is 8.58. The number of aryl methyl sites for hydroxylation is 1. The van der Waals surface area contributed by atoms with Crippen LogP contribution in [0, 0.1) is 18.8 Å². The largest absolute Gasteiger partial charge is 0.328 e. The van der Waals surface area contributed by atoms with Gasteiger partial charge in [-0.1, -0.05) is 11.8 Å². The molecule has 0 fully saturated rings. The van der Waals surface area contributed by atoms with E-state index < -0.39 is 0 Å². The van der Waals surface area contributed by atoms with E-state index in [-0.39, 0.29) is 6.03 Å². The molecule has 0 saturated heterocycles. The minimum absolute atomic E-state index is 0.110. The third-order valence-corrected chi connectivity index (χ3v) is 2.62. The van der Waals surface area contributed by atoms with E-state index in [1.54, 1.807) is 11.9 Å². The fourth-order valence-corrected chi connectivity index (χ4v) is 1.39. The molecule has 0 aromatic heterocycles. The van der Waals surface area contributed by atoms with Gasteiger partial charge in [-0.25, -0.2) is 4.79 Å². The summed E-state index contributed by atoms with van der Waals surface area (Å²) in [6, 6.07) is 5.56. The zero-order valence-electron chi connectivity index (χ0n) is 11.1. The molecule has 2 amide bonds. The zero-order valence-corrected chi connectivity index (χ0v) is 11.1. The maximum atomic E-state index is 11.7. The molecular weight excluding hydrogens is 226 g/mol. The van der Waals surface area contributed by atoms with Gasteiger partial charge in [0.25, 0.3) is 0 Å². The third kappa shape index (κ3) is 3.79. The summed E-state index contributed by atoms with van der Waals surface area (Å²) < 4.78 is 0. The number of hydrogen-bond donors (Lipinski definition) is 2. The van der Waals surface area contributed by atoms with Gasteiger partial charge in [0.15, 0.2) is 0 Å². The monoisotopic (exact) mass is 245 g/mol. The van der Waals surface area contributed by atoms with Gasteiger partial charge in [0, 0.05) is 24.8 Å². The van der Waals surface area contributed by atoms with Crippen LogP contribution in [-0.4, -0.2) is 31.1 Å². The number of rotatable bonds is 2. The van der Waals surface area contributed by atoms with Crippen molar-refractivity contribution in [3.8, 4) is 11.8 Å². The van der Waals surface area contributed by atoms with Crippen molar-refractivity contribution in [2.75, 3.05) is 25.5 Å². The molecule has 0 heterocycles. The van der Waals surface area contributed by atoms with Crippen LogP contribution in [0.2, 0.25) is 0 Å². The van der Waals surface area contributed by atoms with Gasteiger partial charge in [0.1, 0.15) is 0 Å². The van der Waals surface area contributed by atoms with E-state index in [1.807, 2.05) is 32.0 Å². The Morgan fingerprint density at radius 1 is 1.50 bits per heavy atom. The Morgan fingerprint density at radius 3 is 2.78 bits per heavy atom. The highest BCUT2D eigenvalue weighted by molar-refractivity contribution is 5.90. The van der Waals surface area contributed by atoms with Gasteiger partial charge >= 0.3 is 6.03 Å². The van der Waals surface area contributed by atoms with Crippen LogP contribution in [-0.2, 0) is 0 Å². The van der Waals surface area contributed by atoms with Gasteiger partial charge in [-0.15, -0.1) is 0 Å². The Kier molecular flexibility index (Phi) is 5.22. The minimum atomic E-state index is -0.110. The van der Waals surface area contributed by atoms with Gasteiger partial charge < -0.3 is 16.0 Å². The fourth-order valence-electron chi connectivity index (χ4n) is 1.39. The average Bonchev–Trinajstić information content (AvgIpc) is 2.38. The Morgan fingerprint density at radius 2 is 2.22 bits per heavy atom. The molecular formula is C14H19N3O. The molecule has 0 unspecified atom stereocenters. The topological polar surface area (TPSA) is 58.4 Å². The number of carbonyl (C=O) groups is 1. The molecule has 0 spiro atoms. The van der Waals surface area contributed by atoms with Gasteiger partial charge in [0.05, 0.1) is 6.54 Å². The number of anilines is 1. The van der Waals surface area contributed by atoms with Crippen molar-refractivity contribution in [2.45, 2.75) is 13.8 Å². The lowest BCUT2D eigenvalue weighted by atomic mass is 10.1. The number of nitrogens with two attached hydrogens (primary N) is 1. The SMILES string of the molecule is CCN(C)C(=O)Nc1ccc(C#CCN)cc1C. The van der Waals surface area contributed by atoms with Crippen molar-refractivity contribution in [3.63, 3.8) is 0 Å². The van der Waals surface area contributed by atoms with Crippen LogP contribution in [0.25, 0.3) is 0 Å². The van der Waals surface area contributed by atoms with Crippen molar-refractivity contribution < 1.29 is 4.79 Å². The maximum Gasteiger partial charge on any atom is 0.321 e. The second-order valence-corrected chi connectivity index (χ2v) is 3.98. The smallest absolute Gasteiger partial charge is 0.321 e. The van der Waals surface area contributed by atoms with Gasteiger partial charge in [-0.05, 0) is 37.6 Å². The van der Waals surface area contributed by atoms with E-state index in [0.717, 1.165) is 16.8 Å². The lowest BCUT2D eigenvalue weighted by Crippen LogP contribution is -2.31. The van der Waals surface area contributed by atoms with Crippen LogP contribution in [0.15, 0.2) is 18.2 Å². The number of benzene rings is 1. The lowest BCUT2D eigenvalue weighted by molar-refractivity contribution is 0.224. The molecule has 1 aromatic rings. The number of hydrogen-bond acceptors (Lipinski definition) is 2. The molecule has 0 radical (unpaired) electrons. The third-order valence-electron chi connectivity index (χ3n) is 2.62. The number of urea groups is 1. The molecule has 0 aliphatic carbocycles. The van der Waals surface area contributed by atoms with Crippen molar-refractivity contribution in [1.29, 1.82) is 0 Å². The molecule has 1 rings (SSSR count). The van der Waals surface area contributed by atoms with Gasteiger partial charge in [-0.3, -0.25) is 0 Å². The summed E-state index contributed by atoms with van der Waals surface area (Å²) in [4.78, 5) is 13.3. The highest BCUT2D eigenvalue weighted by Crippen LogP contribution is 2.16. The molecule has 0 aliphatic rings. The molecule has 4 nitrogen and oxygen atoms in total. The Labute approximate surface area is 108 Å². The quantitative estimate of drug-likeness (QED) is 0.780. The molecule has 0 bridgehead atoms. The summed E-state index contributed by atoms with van der Waals surface area (Å²) in [5.74, 6) is 5.76. The highest BCUT2D eigenvalue weighted by atomic mass is 16.2. The maximum absolute atomic E-state index is 11.7. The van der Waals surface area contributed by atoms with E-state index in [9.17, 15) is 4.79 Å². The molecule has 0 aliphatic heterocycles. The summed E-state index contributed by atoms with van der Waals surface area (Å²) in [6.07, 6.45) is 0. The van der Waals surface area contributed by atoms with Crippen LogP contribution in [0.5, 0.6) is 0 Å². The summed E-state index contributed by atoms with van der Waals surface area (Å²) in [7, 11) is 1.76. The van der Waals surface area contributed by atoms with Crippen LogP contribution < -0.4 is 11.1 Å². The number of nitrogens with one attached hydrogen (secondary N) is 1. The van der Waals surface area contributed by atoms with Crippen LogP contribution in [0.3, 0.4) is 0 Å². The number of amides is 2. The first kappa shape index (κ1) is 14.1. The van der Waals surface area contributed by atoms with Gasteiger partial charge in [0.2, 0.25) is 0 Å². The zero-order chi connectivity index (χ0) is 13.5. The van der Waals surface area contributed by atoms with Crippen LogP contribution in [0.1, 0.15) is 18.1 Å². The molecule has 4 heteroatoms. The van der Waals surface area contributed by atoms with E-state index in [4.69, 9.17) is 5.73 Å². The van der Waals surface area contributed by atoms with Crippen molar-refractivity contribution in [1.82, 2.24) is 4.90 Å². The highest BCUT2D eigenvalue weighted by Gasteiger charge is 2.07. The summed E-state index contributed by atoms with van der Waals surface area (Å²) in [5, 5.41) is 2.86. The standard InChI is InChI=1S/C14H19N3O/c1-4-17(3)14(18)16-13-8-7-12(6-5-9-15)10-11(13)2/h7-8,10H,4,9,15H2,1-3H3,(H,16,18). The summed E-state index contributed by atoms with van der Waals surface area (Å²) >= 11 is 0. The summed E-state index contributed by atoms with van der Waals surface area (Å²) in [6.45, 7) is 4.89. The number of carbonyl (C=O) groups excluding carboxylic acids is 1. The van der Waals surface area contributed by atoms with Crippen LogP contribution in [0.4, 0.5) is 10.5 Å². The minimum Gasteiger partial charge on any atom is -0.328 e. The molecule has 3 N–H and O–H groups in total. The second kappa shape index (κ2) is 6.67. The first-order valence-electron chi connectivity index (χ1n) is 5.90. The van der Waals surface area contributed by atoms with Crippen LogP contribution >= 0.6 is 0 Å². The molecule has 96 valence electrons. The number of nitrogens with zero attached hydrogens (tertiary/aromatic N) is 1. The molecule has 0 saturated carbocycles. The predicted molar refractivity (Wildman–Crippen MR) is 74.4 cm³/mol. The predicted octanol–water partition coefficient (Wildman–Crippen LogP) is 1.79. The fraction of sp³-hybridized carbons (Fsp3) is 0.357. The first-order valence-corrected chi connectivity index (χ1v) is 5.90. The average molecular weight is 245 g/mol. The van der Waals surface area contributed by atoms with Crippen molar-refractivity contribution >= 4 is 11.7 Å². The molecule has 0 atom stereocenters. The molecule has 1 aromatic carbocycles. The van der Waals surface area contributed by atoms with E-state index in [0.29, 0.717) is 13.1 Å². The van der Waals surface area contributed by atoms with Gasteiger partial charge in [-0.2, -0.15) is 0 Å². The summed E-state index contributed by atoms with van der Waals surface area (Å²) in [5.41, 5.74) is 8.01. The van der Waals surface area contributed by atoms with E-state index in [1.165, 1.54) is 0 Å². The Balaban J connectivity index is 2.83.